The number of aliphatic carboxylic acids is 1. The second-order valence-corrected chi connectivity index (χ2v) is 5.20. The van der Waals surface area contributed by atoms with Gasteiger partial charge in [0.15, 0.2) is 0 Å². The van der Waals surface area contributed by atoms with E-state index in [1.807, 2.05) is 0 Å². The molecule has 1 aromatic carbocycles. The van der Waals surface area contributed by atoms with Crippen LogP contribution in [0.1, 0.15) is 24.8 Å². The summed E-state index contributed by atoms with van der Waals surface area (Å²) in [5.74, 6) is -1.19. The molecule has 1 fully saturated rings. The number of piperidine rings is 1. The van der Waals surface area contributed by atoms with E-state index in [-0.39, 0.29) is 5.91 Å². The van der Waals surface area contributed by atoms with Crippen molar-refractivity contribution in [2.75, 3.05) is 6.54 Å². The Labute approximate surface area is 122 Å². The van der Waals surface area contributed by atoms with E-state index < -0.39 is 12.0 Å². The topological polar surface area (TPSA) is 57.6 Å². The highest BCUT2D eigenvalue weighted by atomic mass is 35.5. The molecule has 0 spiro atoms. The van der Waals surface area contributed by atoms with Crippen LogP contribution >= 0.6 is 11.6 Å². The van der Waals surface area contributed by atoms with Crippen molar-refractivity contribution in [3.63, 3.8) is 0 Å². The molecule has 1 saturated heterocycles. The number of benzene rings is 1. The van der Waals surface area contributed by atoms with Gasteiger partial charge in [-0.25, -0.2) is 4.79 Å². The van der Waals surface area contributed by atoms with Crippen molar-refractivity contribution < 1.29 is 14.7 Å². The van der Waals surface area contributed by atoms with E-state index in [0.29, 0.717) is 18.0 Å². The number of hydrogen-bond donors (Lipinski definition) is 1. The fourth-order valence-corrected chi connectivity index (χ4v) is 2.42. The second kappa shape index (κ2) is 6.57. The van der Waals surface area contributed by atoms with Crippen molar-refractivity contribution in [3.8, 4) is 0 Å². The number of carbonyl (C=O) groups excluding carboxylic acids is 1. The standard InChI is InChI=1S/C15H16ClNO3/c16-12-7-4-11(5-8-12)6-9-14(18)17-10-2-1-3-13(17)15(19)20/h4-9,13H,1-3,10H2,(H,19,20)/b9-6-/t13-/m1/s1. The van der Waals surface area contributed by atoms with Crippen LogP contribution in [0.15, 0.2) is 30.3 Å². The van der Waals surface area contributed by atoms with Gasteiger partial charge in [-0.2, -0.15) is 0 Å². The van der Waals surface area contributed by atoms with Gasteiger partial charge >= 0.3 is 5.97 Å². The molecule has 1 aromatic rings. The Balaban J connectivity index is 2.06. The predicted molar refractivity (Wildman–Crippen MR) is 77.5 cm³/mol. The largest absolute Gasteiger partial charge is 0.480 e. The Morgan fingerprint density at radius 1 is 1.25 bits per heavy atom. The van der Waals surface area contributed by atoms with Crippen LogP contribution in [0.4, 0.5) is 0 Å². The zero-order valence-electron chi connectivity index (χ0n) is 11.0. The number of nitrogens with zero attached hydrogens (tertiary/aromatic N) is 1. The molecule has 5 heteroatoms. The van der Waals surface area contributed by atoms with Gasteiger partial charge in [0.05, 0.1) is 0 Å². The maximum absolute atomic E-state index is 12.1. The lowest BCUT2D eigenvalue weighted by molar-refractivity contribution is -0.150. The molecule has 1 amide bonds. The van der Waals surface area contributed by atoms with E-state index in [0.717, 1.165) is 18.4 Å². The first-order valence-corrected chi connectivity index (χ1v) is 6.93. The monoisotopic (exact) mass is 293 g/mol. The van der Waals surface area contributed by atoms with Crippen molar-refractivity contribution in [1.82, 2.24) is 4.90 Å². The summed E-state index contributed by atoms with van der Waals surface area (Å²) >= 11 is 5.79. The summed E-state index contributed by atoms with van der Waals surface area (Å²) < 4.78 is 0. The highest BCUT2D eigenvalue weighted by Crippen LogP contribution is 2.18. The summed E-state index contributed by atoms with van der Waals surface area (Å²) in [4.78, 5) is 24.7. The number of rotatable bonds is 3. The summed E-state index contributed by atoms with van der Waals surface area (Å²) in [6.45, 7) is 0.501. The molecule has 1 aliphatic rings. The van der Waals surface area contributed by atoms with Gasteiger partial charge in [-0.3, -0.25) is 4.79 Å². The molecule has 0 aromatic heterocycles. The zero-order chi connectivity index (χ0) is 14.5. The fourth-order valence-electron chi connectivity index (χ4n) is 2.29. The summed E-state index contributed by atoms with van der Waals surface area (Å²) in [6.07, 6.45) is 5.32. The average molecular weight is 294 g/mol. The van der Waals surface area contributed by atoms with E-state index in [9.17, 15) is 9.59 Å². The highest BCUT2D eigenvalue weighted by Gasteiger charge is 2.30. The van der Waals surface area contributed by atoms with Crippen LogP contribution in [-0.4, -0.2) is 34.5 Å². The van der Waals surface area contributed by atoms with E-state index >= 15 is 0 Å². The number of carbonyl (C=O) groups is 2. The van der Waals surface area contributed by atoms with Gasteiger partial charge < -0.3 is 10.0 Å². The number of halogens is 1. The number of amides is 1. The van der Waals surface area contributed by atoms with E-state index in [1.54, 1.807) is 30.3 Å². The van der Waals surface area contributed by atoms with Crippen molar-refractivity contribution in [1.29, 1.82) is 0 Å². The minimum absolute atomic E-state index is 0.257. The molecule has 0 bridgehead atoms. The molecular weight excluding hydrogens is 278 g/mol. The summed E-state index contributed by atoms with van der Waals surface area (Å²) in [5, 5.41) is 9.78. The molecule has 1 atom stereocenters. The minimum Gasteiger partial charge on any atom is -0.480 e. The average Bonchev–Trinajstić information content (AvgIpc) is 2.46. The molecule has 1 aliphatic heterocycles. The van der Waals surface area contributed by atoms with Crippen molar-refractivity contribution in [3.05, 3.63) is 40.9 Å². The van der Waals surface area contributed by atoms with Gasteiger partial charge in [0.2, 0.25) is 5.91 Å². The zero-order valence-corrected chi connectivity index (χ0v) is 11.7. The van der Waals surface area contributed by atoms with E-state index in [4.69, 9.17) is 16.7 Å². The lowest BCUT2D eigenvalue weighted by Crippen LogP contribution is -2.47. The van der Waals surface area contributed by atoms with E-state index in [1.165, 1.54) is 11.0 Å². The number of carboxylic acid groups (broad SMARTS) is 1. The highest BCUT2D eigenvalue weighted by molar-refractivity contribution is 6.30. The van der Waals surface area contributed by atoms with Crippen LogP contribution < -0.4 is 0 Å². The van der Waals surface area contributed by atoms with Crippen LogP contribution in [0.3, 0.4) is 0 Å². The molecule has 0 unspecified atom stereocenters. The van der Waals surface area contributed by atoms with Crippen molar-refractivity contribution >= 4 is 29.6 Å². The van der Waals surface area contributed by atoms with Gasteiger partial charge in [-0.15, -0.1) is 0 Å². The predicted octanol–water partition coefficient (Wildman–Crippen LogP) is 2.82. The molecule has 0 saturated carbocycles. The van der Waals surface area contributed by atoms with Crippen LogP contribution in [0.25, 0.3) is 6.08 Å². The Bertz CT molecular complexity index is 524. The quantitative estimate of drug-likeness (QED) is 0.872. The maximum Gasteiger partial charge on any atom is 0.326 e. The molecule has 2 rings (SSSR count). The van der Waals surface area contributed by atoms with Crippen molar-refractivity contribution in [2.45, 2.75) is 25.3 Å². The van der Waals surface area contributed by atoms with Gasteiger partial charge in [0, 0.05) is 17.6 Å². The third kappa shape index (κ3) is 3.61. The summed E-state index contributed by atoms with van der Waals surface area (Å²) in [6, 6.07) is 6.39. The van der Waals surface area contributed by atoms with Crippen molar-refractivity contribution in [2.24, 2.45) is 0 Å². The van der Waals surface area contributed by atoms with Crippen LogP contribution in [-0.2, 0) is 9.59 Å². The van der Waals surface area contributed by atoms with Gasteiger partial charge in [0.25, 0.3) is 0 Å². The summed E-state index contributed by atoms with van der Waals surface area (Å²) in [7, 11) is 0. The molecule has 0 aliphatic carbocycles. The van der Waals surface area contributed by atoms with Crippen LogP contribution in [0.5, 0.6) is 0 Å². The Kier molecular flexibility index (Phi) is 4.79. The van der Waals surface area contributed by atoms with Crippen LogP contribution in [0.2, 0.25) is 5.02 Å². The third-order valence-corrected chi connectivity index (χ3v) is 3.61. The Hall–Kier alpha value is -1.81. The lowest BCUT2D eigenvalue weighted by Gasteiger charge is -2.32. The molecule has 20 heavy (non-hydrogen) atoms. The Morgan fingerprint density at radius 2 is 1.95 bits per heavy atom. The first-order chi connectivity index (χ1) is 9.58. The summed E-state index contributed by atoms with van der Waals surface area (Å²) in [5.41, 5.74) is 0.853. The number of carboxylic acids is 1. The Morgan fingerprint density at radius 3 is 2.60 bits per heavy atom. The second-order valence-electron chi connectivity index (χ2n) is 4.77. The first-order valence-electron chi connectivity index (χ1n) is 6.55. The lowest BCUT2D eigenvalue weighted by atomic mass is 10.0. The normalized spacial score (nSPS) is 19.2. The molecular formula is C15H16ClNO3. The van der Waals surface area contributed by atoms with Gasteiger partial charge in [-0.05, 0) is 43.0 Å². The molecule has 106 valence electrons. The fraction of sp³-hybridized carbons (Fsp3) is 0.333. The third-order valence-electron chi connectivity index (χ3n) is 3.36. The van der Waals surface area contributed by atoms with E-state index in [2.05, 4.69) is 0 Å². The minimum atomic E-state index is -0.932. The van der Waals surface area contributed by atoms with Gasteiger partial charge in [-0.1, -0.05) is 23.7 Å². The smallest absolute Gasteiger partial charge is 0.326 e. The molecule has 1 heterocycles. The number of likely N-dealkylation sites (tertiary alicyclic amines) is 1. The maximum atomic E-state index is 12.1. The first kappa shape index (κ1) is 14.6. The molecule has 1 N–H and O–H groups in total. The number of hydrogen-bond acceptors (Lipinski definition) is 2. The van der Waals surface area contributed by atoms with Crippen LogP contribution in [0, 0.1) is 0 Å². The van der Waals surface area contributed by atoms with Gasteiger partial charge in [0.1, 0.15) is 6.04 Å². The SMILES string of the molecule is O=C(O)[C@H]1CCCCN1C(=O)/C=C\c1ccc(Cl)cc1. The molecule has 0 radical (unpaired) electrons. The molecule has 4 nitrogen and oxygen atoms in total.